The van der Waals surface area contributed by atoms with Crippen LogP contribution in [0.25, 0.3) is 10.8 Å². The van der Waals surface area contributed by atoms with Gasteiger partial charge in [-0.25, -0.2) is 4.79 Å². The molecule has 0 aromatic heterocycles. The molecule has 3 aromatic rings. The topological polar surface area (TPSA) is 171 Å². The Balaban J connectivity index is 1.76. The van der Waals surface area contributed by atoms with E-state index in [9.17, 15) is 34.4 Å². The molecule has 0 aliphatic rings. The summed E-state index contributed by atoms with van der Waals surface area (Å²) in [4.78, 5) is 62.8. The third-order valence-corrected chi connectivity index (χ3v) is 8.41. The van der Waals surface area contributed by atoms with Crippen molar-refractivity contribution in [3.05, 3.63) is 88.0 Å². The van der Waals surface area contributed by atoms with Crippen LogP contribution in [0.1, 0.15) is 42.6 Å². The van der Waals surface area contributed by atoms with Crippen LogP contribution in [0.5, 0.6) is 0 Å². The van der Waals surface area contributed by atoms with Crippen molar-refractivity contribution in [2.24, 2.45) is 5.92 Å². The first kappa shape index (κ1) is 36.0. The van der Waals surface area contributed by atoms with E-state index in [1.165, 1.54) is 36.0 Å². The molecule has 0 aliphatic heterocycles. The summed E-state index contributed by atoms with van der Waals surface area (Å²) in [6.45, 7) is 4.23. The highest BCUT2D eigenvalue weighted by Crippen LogP contribution is 2.21. The fraction of sp³-hybridized carbons (Fsp3) is 0.394. The number of hydrogen-bond acceptors (Lipinski definition) is 8. The SMILES string of the molecule is CC[C@H](C)[C@@H](CN(CC(=O)N[C@@H](CCSC)C(=O)O)Cc1cccc2ccccc12)NC(=O)CNC(=O)c1ccc([N+](=O)[O-])cc1. The summed E-state index contributed by atoms with van der Waals surface area (Å²) in [7, 11) is 0. The molecular formula is C33H41N5O7S. The number of aliphatic carboxylic acids is 1. The predicted molar refractivity (Wildman–Crippen MR) is 179 cm³/mol. The number of carboxylic acids is 1. The van der Waals surface area contributed by atoms with Crippen LogP contribution in [0.3, 0.4) is 0 Å². The van der Waals surface area contributed by atoms with Gasteiger partial charge in [-0.15, -0.1) is 0 Å². The van der Waals surface area contributed by atoms with Crippen molar-refractivity contribution in [1.82, 2.24) is 20.9 Å². The summed E-state index contributed by atoms with van der Waals surface area (Å²) in [5.74, 6) is -1.92. The van der Waals surface area contributed by atoms with Crippen molar-refractivity contribution in [3.8, 4) is 0 Å². The van der Waals surface area contributed by atoms with Gasteiger partial charge in [0.2, 0.25) is 11.8 Å². The number of rotatable bonds is 18. The van der Waals surface area contributed by atoms with Crippen LogP contribution in [0.2, 0.25) is 0 Å². The Bertz CT molecular complexity index is 1510. The van der Waals surface area contributed by atoms with Crippen LogP contribution in [-0.4, -0.2) is 82.3 Å². The number of fused-ring (bicyclic) bond motifs is 1. The number of carbonyl (C=O) groups is 4. The van der Waals surface area contributed by atoms with Gasteiger partial charge in [0.15, 0.2) is 0 Å². The number of hydrogen-bond donors (Lipinski definition) is 4. The molecule has 13 heteroatoms. The summed E-state index contributed by atoms with van der Waals surface area (Å²) in [6, 6.07) is 17.5. The van der Waals surface area contributed by atoms with Crippen molar-refractivity contribution < 1.29 is 29.2 Å². The number of amides is 3. The van der Waals surface area contributed by atoms with Crippen molar-refractivity contribution in [1.29, 1.82) is 0 Å². The number of non-ortho nitro benzene ring substituents is 1. The number of thioether (sulfide) groups is 1. The van der Waals surface area contributed by atoms with Gasteiger partial charge in [-0.1, -0.05) is 62.7 Å². The molecule has 0 unspecified atom stereocenters. The standard InChI is InChI=1S/C33H41N5O7S/c1-4-22(2)29(36-30(39)18-34-32(41)24-12-14-26(15-13-24)38(44)45)20-37(21-31(40)35-28(33(42)43)16-17-46-3)19-25-10-7-9-23-8-5-6-11-27(23)25/h5-15,22,28-29H,4,16-21H2,1-3H3,(H,34,41)(H,35,40)(H,36,39)(H,42,43)/t22-,28-,29+/m0/s1. The van der Waals surface area contributed by atoms with E-state index >= 15 is 0 Å². The van der Waals surface area contributed by atoms with E-state index < -0.39 is 40.7 Å². The van der Waals surface area contributed by atoms with Crippen molar-refractivity contribution in [2.75, 3.05) is 31.6 Å². The lowest BCUT2D eigenvalue weighted by molar-refractivity contribution is -0.384. The van der Waals surface area contributed by atoms with Gasteiger partial charge in [0.05, 0.1) is 18.0 Å². The highest BCUT2D eigenvalue weighted by atomic mass is 32.2. The van der Waals surface area contributed by atoms with Crippen LogP contribution in [0, 0.1) is 16.0 Å². The first-order valence-corrected chi connectivity index (χ1v) is 16.4. The highest BCUT2D eigenvalue weighted by Gasteiger charge is 2.26. The predicted octanol–water partition coefficient (Wildman–Crippen LogP) is 3.83. The molecule has 0 radical (unpaired) electrons. The molecule has 3 amide bonds. The largest absolute Gasteiger partial charge is 0.480 e. The molecular weight excluding hydrogens is 610 g/mol. The first-order chi connectivity index (χ1) is 22.0. The lowest BCUT2D eigenvalue weighted by Crippen LogP contribution is -2.52. The van der Waals surface area contributed by atoms with Gasteiger partial charge in [0, 0.05) is 36.8 Å². The molecule has 4 N–H and O–H groups in total. The second-order valence-corrected chi connectivity index (χ2v) is 12.1. The highest BCUT2D eigenvalue weighted by molar-refractivity contribution is 7.98. The van der Waals surface area contributed by atoms with Crippen LogP contribution in [0.4, 0.5) is 5.69 Å². The fourth-order valence-corrected chi connectivity index (χ4v) is 5.45. The Kier molecular flexibility index (Phi) is 14.0. The zero-order chi connectivity index (χ0) is 33.6. The molecule has 0 fully saturated rings. The van der Waals surface area contributed by atoms with E-state index in [4.69, 9.17) is 0 Å². The Morgan fingerprint density at radius 3 is 2.33 bits per heavy atom. The van der Waals surface area contributed by atoms with Crippen molar-refractivity contribution in [3.63, 3.8) is 0 Å². The number of carbonyl (C=O) groups excluding carboxylic acids is 3. The number of nitrogens with zero attached hydrogens (tertiary/aromatic N) is 2. The van der Waals surface area contributed by atoms with Gasteiger partial charge in [-0.05, 0) is 52.8 Å². The van der Waals surface area contributed by atoms with Crippen molar-refractivity contribution in [2.45, 2.75) is 45.3 Å². The summed E-state index contributed by atoms with van der Waals surface area (Å²) in [5.41, 5.74) is 1.01. The third kappa shape index (κ3) is 10.8. The third-order valence-electron chi connectivity index (χ3n) is 7.77. The Morgan fingerprint density at radius 2 is 1.67 bits per heavy atom. The maximum absolute atomic E-state index is 13.2. The number of nitrogens with one attached hydrogen (secondary N) is 3. The summed E-state index contributed by atoms with van der Waals surface area (Å²) < 4.78 is 0. The maximum Gasteiger partial charge on any atom is 0.326 e. The van der Waals surface area contributed by atoms with Crippen LogP contribution < -0.4 is 16.0 Å². The lowest BCUT2D eigenvalue weighted by Gasteiger charge is -2.31. The zero-order valence-electron chi connectivity index (χ0n) is 26.2. The summed E-state index contributed by atoms with van der Waals surface area (Å²) in [5, 5.41) is 30.8. The van der Waals surface area contributed by atoms with E-state index in [0.717, 1.165) is 22.8 Å². The minimum Gasteiger partial charge on any atom is -0.480 e. The van der Waals surface area contributed by atoms with Crippen molar-refractivity contribution >= 4 is 51.9 Å². The number of nitro benzene ring substituents is 1. The van der Waals surface area contributed by atoms with E-state index in [2.05, 4.69) is 16.0 Å². The van der Waals surface area contributed by atoms with Gasteiger partial charge >= 0.3 is 5.97 Å². The second kappa shape index (κ2) is 17.9. The van der Waals surface area contributed by atoms with Gasteiger partial charge < -0.3 is 21.1 Å². The van der Waals surface area contributed by atoms with Crippen LogP contribution in [0.15, 0.2) is 66.7 Å². The molecule has 3 atom stereocenters. The fourth-order valence-electron chi connectivity index (χ4n) is 4.98. The second-order valence-electron chi connectivity index (χ2n) is 11.1. The van der Waals surface area contributed by atoms with E-state index in [-0.39, 0.29) is 36.8 Å². The molecule has 0 saturated carbocycles. The average molecular weight is 652 g/mol. The minimum absolute atomic E-state index is 0.000694. The van der Waals surface area contributed by atoms with Gasteiger partial charge in [0.25, 0.3) is 11.6 Å². The Labute approximate surface area is 272 Å². The first-order valence-electron chi connectivity index (χ1n) is 15.0. The average Bonchev–Trinajstić information content (AvgIpc) is 3.04. The molecule has 3 aromatic carbocycles. The molecule has 0 aliphatic carbocycles. The molecule has 0 spiro atoms. The van der Waals surface area contributed by atoms with Crippen LogP contribution >= 0.6 is 11.8 Å². The number of carboxylic acid groups (broad SMARTS) is 1. The Morgan fingerprint density at radius 1 is 0.978 bits per heavy atom. The molecule has 0 heterocycles. The zero-order valence-corrected chi connectivity index (χ0v) is 27.0. The Hall–Kier alpha value is -4.49. The summed E-state index contributed by atoms with van der Waals surface area (Å²) >= 11 is 1.50. The number of nitro groups is 1. The quantitative estimate of drug-likeness (QED) is 0.118. The maximum atomic E-state index is 13.2. The number of benzene rings is 3. The van der Waals surface area contributed by atoms with E-state index in [1.54, 1.807) is 0 Å². The molecule has 3 rings (SSSR count). The molecule has 0 bridgehead atoms. The molecule has 0 saturated heterocycles. The van der Waals surface area contributed by atoms with E-state index in [1.807, 2.05) is 67.5 Å². The normalized spacial score (nSPS) is 13.0. The van der Waals surface area contributed by atoms with Gasteiger partial charge in [0.1, 0.15) is 6.04 Å². The monoisotopic (exact) mass is 651 g/mol. The molecule has 12 nitrogen and oxygen atoms in total. The van der Waals surface area contributed by atoms with Crippen LogP contribution in [-0.2, 0) is 20.9 Å². The lowest BCUT2D eigenvalue weighted by atomic mass is 9.97. The minimum atomic E-state index is -1.09. The summed E-state index contributed by atoms with van der Waals surface area (Å²) in [6.07, 6.45) is 2.89. The molecule has 246 valence electrons. The smallest absolute Gasteiger partial charge is 0.326 e. The van der Waals surface area contributed by atoms with E-state index in [0.29, 0.717) is 18.7 Å². The molecule has 46 heavy (non-hydrogen) atoms. The van der Waals surface area contributed by atoms with Gasteiger partial charge in [-0.3, -0.25) is 29.4 Å². The van der Waals surface area contributed by atoms with Gasteiger partial charge in [-0.2, -0.15) is 11.8 Å².